The molecule has 140 valence electrons. The van der Waals surface area contributed by atoms with Gasteiger partial charge in [0.2, 0.25) is 0 Å². The summed E-state index contributed by atoms with van der Waals surface area (Å²) in [6.45, 7) is 2.20. The molecule has 0 bridgehead atoms. The third-order valence-electron chi connectivity index (χ3n) is 3.76. The van der Waals surface area contributed by atoms with Crippen LogP contribution in [0.25, 0.3) is 5.69 Å². The monoisotopic (exact) mass is 403 g/mol. The van der Waals surface area contributed by atoms with Crippen LogP contribution >= 0.6 is 23.4 Å². The largest absolute Gasteiger partial charge is 0.485 e. The Morgan fingerprint density at radius 1 is 1.22 bits per heavy atom. The number of carboxylic acid groups (broad SMARTS) is 1. The number of rotatable bonds is 8. The molecular formula is C19H18ClN3O3S. The van der Waals surface area contributed by atoms with Gasteiger partial charge in [0.25, 0.3) is 0 Å². The van der Waals surface area contributed by atoms with Crippen LogP contribution in [-0.4, -0.2) is 31.6 Å². The second kappa shape index (κ2) is 8.92. The maximum absolute atomic E-state index is 10.8. The first-order valence-electron chi connectivity index (χ1n) is 8.28. The van der Waals surface area contributed by atoms with E-state index in [2.05, 4.69) is 10.2 Å². The van der Waals surface area contributed by atoms with Gasteiger partial charge in [-0.3, -0.25) is 9.36 Å². The molecule has 0 atom stereocenters. The highest BCUT2D eigenvalue weighted by Crippen LogP contribution is 2.25. The first-order chi connectivity index (χ1) is 13.0. The van der Waals surface area contributed by atoms with Gasteiger partial charge in [-0.25, -0.2) is 0 Å². The van der Waals surface area contributed by atoms with Gasteiger partial charge in [-0.2, -0.15) is 0 Å². The van der Waals surface area contributed by atoms with Crippen molar-refractivity contribution < 1.29 is 14.6 Å². The lowest BCUT2D eigenvalue weighted by Gasteiger charge is -2.12. The number of para-hydroxylation sites is 1. The van der Waals surface area contributed by atoms with Gasteiger partial charge in [0, 0.05) is 10.8 Å². The molecule has 0 aliphatic rings. The number of thioether (sulfide) groups is 1. The minimum Gasteiger partial charge on any atom is -0.485 e. The Hall–Kier alpha value is -2.51. The summed E-state index contributed by atoms with van der Waals surface area (Å²) in [6, 6.07) is 15.1. The van der Waals surface area contributed by atoms with Crippen molar-refractivity contribution in [3.05, 3.63) is 64.9 Å². The molecule has 0 aliphatic heterocycles. The molecule has 1 heterocycles. The van der Waals surface area contributed by atoms with Gasteiger partial charge in [0.15, 0.2) is 11.0 Å². The maximum atomic E-state index is 10.8. The third kappa shape index (κ3) is 5.02. The summed E-state index contributed by atoms with van der Waals surface area (Å²) < 4.78 is 7.76. The van der Waals surface area contributed by atoms with E-state index in [1.165, 1.54) is 11.8 Å². The average Bonchev–Trinajstić information content (AvgIpc) is 3.03. The fourth-order valence-corrected chi connectivity index (χ4v) is 3.53. The molecule has 0 radical (unpaired) electrons. The van der Waals surface area contributed by atoms with E-state index in [-0.39, 0.29) is 13.0 Å². The topological polar surface area (TPSA) is 77.2 Å². The minimum atomic E-state index is -0.848. The van der Waals surface area contributed by atoms with E-state index in [1.54, 1.807) is 6.07 Å². The fraction of sp³-hybridized carbons (Fsp3) is 0.211. The smallest absolute Gasteiger partial charge is 0.304 e. The number of carboxylic acids is 1. The number of aliphatic carboxylic acids is 1. The predicted octanol–water partition coefficient (Wildman–Crippen LogP) is 4.37. The number of hydrogen-bond acceptors (Lipinski definition) is 5. The Bertz CT molecular complexity index is 945. The predicted molar refractivity (Wildman–Crippen MR) is 105 cm³/mol. The van der Waals surface area contributed by atoms with Crippen LogP contribution in [0.15, 0.2) is 53.7 Å². The van der Waals surface area contributed by atoms with E-state index in [1.807, 2.05) is 54.0 Å². The molecule has 0 unspecified atom stereocenters. The molecule has 27 heavy (non-hydrogen) atoms. The van der Waals surface area contributed by atoms with Gasteiger partial charge < -0.3 is 9.84 Å². The normalized spacial score (nSPS) is 10.7. The van der Waals surface area contributed by atoms with Gasteiger partial charge in [0.05, 0.1) is 12.1 Å². The van der Waals surface area contributed by atoms with Gasteiger partial charge in [0.1, 0.15) is 12.4 Å². The first-order valence-corrected chi connectivity index (χ1v) is 9.64. The molecule has 8 heteroatoms. The Kier molecular flexibility index (Phi) is 6.36. The number of aromatic nitrogens is 3. The number of benzene rings is 2. The van der Waals surface area contributed by atoms with Gasteiger partial charge in [-0.05, 0) is 36.8 Å². The van der Waals surface area contributed by atoms with Gasteiger partial charge in [-0.1, -0.05) is 47.6 Å². The van der Waals surface area contributed by atoms with Crippen molar-refractivity contribution >= 4 is 29.3 Å². The number of carbonyl (C=O) groups is 1. The van der Waals surface area contributed by atoms with Crippen molar-refractivity contribution in [2.24, 2.45) is 0 Å². The minimum absolute atomic E-state index is 0.0438. The van der Waals surface area contributed by atoms with Crippen LogP contribution in [0, 0.1) is 6.92 Å². The summed E-state index contributed by atoms with van der Waals surface area (Å²) in [7, 11) is 0. The highest BCUT2D eigenvalue weighted by molar-refractivity contribution is 7.99. The van der Waals surface area contributed by atoms with Crippen molar-refractivity contribution in [1.82, 2.24) is 14.8 Å². The second-order valence-corrected chi connectivity index (χ2v) is 7.26. The van der Waals surface area contributed by atoms with E-state index in [4.69, 9.17) is 21.4 Å². The maximum Gasteiger partial charge on any atom is 0.304 e. The number of nitrogens with zero attached hydrogens (tertiary/aromatic N) is 3. The highest BCUT2D eigenvalue weighted by Gasteiger charge is 2.16. The Morgan fingerprint density at radius 3 is 2.78 bits per heavy atom. The van der Waals surface area contributed by atoms with Gasteiger partial charge in [-0.15, -0.1) is 10.2 Å². The molecule has 1 aromatic heterocycles. The molecule has 0 saturated heterocycles. The number of ether oxygens (including phenoxy) is 1. The molecule has 0 aliphatic carbocycles. The Labute approximate surface area is 166 Å². The van der Waals surface area contributed by atoms with E-state index < -0.39 is 5.97 Å². The van der Waals surface area contributed by atoms with Crippen LogP contribution in [0.3, 0.4) is 0 Å². The standard InChI is InChI=1S/C19H18ClN3O3S/c1-13-5-2-3-8-16(13)26-12-17-21-22-19(27-10-9-18(24)25)23(17)15-7-4-6-14(20)11-15/h2-8,11H,9-10,12H2,1H3,(H,24,25). The van der Waals surface area contributed by atoms with Crippen molar-refractivity contribution in [3.8, 4) is 11.4 Å². The molecular weight excluding hydrogens is 386 g/mol. The first kappa shape index (κ1) is 19.3. The van der Waals surface area contributed by atoms with Crippen molar-refractivity contribution in [2.45, 2.75) is 25.1 Å². The summed E-state index contributed by atoms with van der Waals surface area (Å²) in [5.41, 5.74) is 1.83. The molecule has 0 fully saturated rings. The highest BCUT2D eigenvalue weighted by atomic mass is 35.5. The van der Waals surface area contributed by atoms with Crippen molar-refractivity contribution in [3.63, 3.8) is 0 Å². The van der Waals surface area contributed by atoms with Crippen molar-refractivity contribution in [1.29, 1.82) is 0 Å². The summed E-state index contributed by atoms with van der Waals surface area (Å²) in [4.78, 5) is 10.8. The zero-order valence-corrected chi connectivity index (χ0v) is 16.2. The number of aryl methyl sites for hydroxylation is 1. The molecule has 0 saturated carbocycles. The van der Waals surface area contributed by atoms with Crippen molar-refractivity contribution in [2.75, 3.05) is 5.75 Å². The van der Waals surface area contributed by atoms with E-state index in [9.17, 15) is 4.79 Å². The second-order valence-electron chi connectivity index (χ2n) is 5.76. The lowest BCUT2D eigenvalue weighted by molar-refractivity contribution is -0.136. The summed E-state index contributed by atoms with van der Waals surface area (Å²) in [5.74, 6) is 0.933. The van der Waals surface area contributed by atoms with E-state index in [0.717, 1.165) is 17.0 Å². The molecule has 3 rings (SSSR count). The molecule has 2 aromatic carbocycles. The van der Waals surface area contributed by atoms with Crippen LogP contribution in [0.4, 0.5) is 0 Å². The van der Waals surface area contributed by atoms with E-state index in [0.29, 0.717) is 21.8 Å². The lowest BCUT2D eigenvalue weighted by Crippen LogP contribution is -2.07. The quantitative estimate of drug-likeness (QED) is 0.562. The zero-order valence-electron chi connectivity index (χ0n) is 14.6. The number of hydrogen-bond donors (Lipinski definition) is 1. The fourth-order valence-electron chi connectivity index (χ4n) is 2.45. The van der Waals surface area contributed by atoms with E-state index >= 15 is 0 Å². The molecule has 3 aromatic rings. The lowest BCUT2D eigenvalue weighted by atomic mass is 10.2. The molecule has 0 spiro atoms. The molecule has 0 amide bonds. The average molecular weight is 404 g/mol. The summed E-state index contributed by atoms with van der Waals surface area (Å²) >= 11 is 7.47. The van der Waals surface area contributed by atoms with Crippen LogP contribution in [0.2, 0.25) is 5.02 Å². The van der Waals surface area contributed by atoms with Crippen LogP contribution in [0.5, 0.6) is 5.75 Å². The molecule has 6 nitrogen and oxygen atoms in total. The molecule has 1 N–H and O–H groups in total. The van der Waals surface area contributed by atoms with Crippen LogP contribution in [-0.2, 0) is 11.4 Å². The number of halogens is 1. The van der Waals surface area contributed by atoms with Crippen LogP contribution in [0.1, 0.15) is 17.8 Å². The Balaban J connectivity index is 1.87. The summed E-state index contributed by atoms with van der Waals surface area (Å²) in [5, 5.41) is 18.5. The Morgan fingerprint density at radius 2 is 2.04 bits per heavy atom. The zero-order chi connectivity index (χ0) is 19.2. The summed E-state index contributed by atoms with van der Waals surface area (Å²) in [6.07, 6.45) is 0.0438. The van der Waals surface area contributed by atoms with Gasteiger partial charge >= 0.3 is 5.97 Å². The third-order valence-corrected chi connectivity index (χ3v) is 4.93. The SMILES string of the molecule is Cc1ccccc1OCc1nnc(SCCC(=O)O)n1-c1cccc(Cl)c1. The van der Waals surface area contributed by atoms with Crippen LogP contribution < -0.4 is 4.74 Å².